The number of aliphatic hydroxyl groups is 18. The van der Waals surface area contributed by atoms with Gasteiger partial charge in [0, 0.05) is 269 Å². The van der Waals surface area contributed by atoms with Gasteiger partial charge in [0.25, 0.3) is 0 Å². The predicted octanol–water partition coefficient (Wildman–Crippen LogP) is -7.98. The molecule has 0 heterocycles. The maximum absolute atomic E-state index is 9.43. The van der Waals surface area contributed by atoms with Crippen LogP contribution in [0, 0.1) is 5.92 Å². The Kier molecular flexibility index (Phi) is 141. The molecular weight excluding hydrogens is 1550 g/mol. The van der Waals surface area contributed by atoms with Gasteiger partial charge in [-0.3, -0.25) is 34.3 Å². The molecule has 2 atom stereocenters. The van der Waals surface area contributed by atoms with E-state index >= 15 is 0 Å². The summed E-state index contributed by atoms with van der Waals surface area (Å²) in [6, 6.07) is 0. The van der Waals surface area contributed by atoms with Gasteiger partial charge in [0.2, 0.25) is 0 Å². The van der Waals surface area contributed by atoms with E-state index in [0.29, 0.717) is 144 Å². The number of hydrogen-bond acceptors (Lipinski definition) is 38. The summed E-state index contributed by atoms with van der Waals surface area (Å²) in [5.41, 5.74) is 37.9. The Morgan fingerprint density at radius 2 is 0.425 bits per heavy atom. The fourth-order valence-electron chi connectivity index (χ4n) is 11.7. The van der Waals surface area contributed by atoms with Gasteiger partial charge in [-0.2, -0.15) is 0 Å². The minimum Gasteiger partial charge on any atom is -0.396 e. The van der Waals surface area contributed by atoms with Crippen molar-refractivity contribution in [2.24, 2.45) is 46.1 Å². The Hall–Kier alpha value is -1.52. The van der Waals surface area contributed by atoms with Crippen molar-refractivity contribution in [3.63, 3.8) is 0 Å². The zero-order chi connectivity index (χ0) is 91.2. The fourth-order valence-corrected chi connectivity index (χ4v) is 11.7. The fraction of sp³-hybridized carbons (Fsp3) is 1.00. The molecule has 0 aliphatic rings. The van der Waals surface area contributed by atoms with Crippen molar-refractivity contribution < 1.29 is 91.9 Å². The zero-order valence-corrected chi connectivity index (χ0v) is 76.2. The Bertz CT molecular complexity index is 1620. The van der Waals surface area contributed by atoms with Crippen LogP contribution in [0.15, 0.2) is 0 Å². The Balaban J connectivity index is -0.000000208. The molecule has 0 aromatic rings. The third kappa shape index (κ3) is 121. The highest BCUT2D eigenvalue weighted by Gasteiger charge is 2.16. The van der Waals surface area contributed by atoms with E-state index in [1.165, 1.54) is 0 Å². The first-order valence-electron chi connectivity index (χ1n) is 45.9. The van der Waals surface area contributed by atoms with Gasteiger partial charge in [-0.25, -0.2) is 0 Å². The average molecular weight is 1750 g/mol. The maximum atomic E-state index is 9.43. The standard InChI is InChI=1S/C22H49N3O6.C13H32N4O2.C11H28N4O.C10H25N3O3.C8H21N3O2.C7H17NO2.C6H15NO.C5H13NO/c26-16-3-1-2-4-22(6-17-27)5-7-23(8-10-24(12-18-28)13-19-29)9-11-25(14-20-30)15-21-31;14-4-9-17(11-7-16-8-13-19)10-6-15-5-2-1-3-12-18;12-4-8-15(9-5-13)10-7-14-6-2-1-3-11-16;11-1-2-12(5-8-14)3-4-13(6-9-15)7-10-16;9-1-4-11(6-8-13)5-2-10-3-7-12;9-6-3-1-2-4-8-5-7-10;1-2-6(8)4-3-5-7;6-4-2-1-3-5-7/h22,26-31H,1-21H2;15-16,18-19H,1-14H2;14,16H,1-13H2;14-16H,1-11H2;10,12-13H,1-9H2;8-10H,1-7H2;6,8H,2-5,7H2,1H3;7H,1-6H2. The zero-order valence-electron chi connectivity index (χ0n) is 76.2. The monoisotopic (exact) mass is 1750 g/mol. The van der Waals surface area contributed by atoms with Crippen LogP contribution in [0.1, 0.15) is 142 Å². The van der Waals surface area contributed by atoms with Crippen LogP contribution in [-0.2, 0) is 0 Å². The third-order valence-corrected chi connectivity index (χ3v) is 18.8. The van der Waals surface area contributed by atoms with Crippen LogP contribution in [0.4, 0.5) is 0 Å². The minimum absolute atomic E-state index is 0.0627. The third-order valence-electron chi connectivity index (χ3n) is 18.8. The minimum atomic E-state index is -0.126. The lowest BCUT2D eigenvalue weighted by molar-refractivity contribution is 0.120. The van der Waals surface area contributed by atoms with E-state index in [-0.39, 0.29) is 92.0 Å². The number of nitrogens with one attached hydrogen (secondary N) is 5. The lowest BCUT2D eigenvalue weighted by Crippen LogP contribution is -2.42. The number of rotatable bonds is 86. The summed E-state index contributed by atoms with van der Waals surface area (Å²) in [5.74, 6) is 0.447. The van der Waals surface area contributed by atoms with E-state index in [9.17, 15) is 25.5 Å². The van der Waals surface area contributed by atoms with Crippen molar-refractivity contribution in [3.05, 3.63) is 0 Å². The molecule has 0 aliphatic heterocycles. The second-order valence-electron chi connectivity index (χ2n) is 29.0. The molecule has 37 N–H and O–H groups in total. The van der Waals surface area contributed by atoms with E-state index in [2.05, 4.69) is 51.1 Å². The SMILES string of the molecule is CCC(O)CCCN.NCCCCCO.NCCN(CCN)CCNCCCCCO.NCCN(CCNCCO)CCNCCCCCO.NCCN(CCO)CCN(CCO)CCO.NCCN(CCO)CCNCCO.OCCCCCC(CCO)CCN(CCN(CCO)CCO)CCN(CCO)CCO.OCCCCCNCCO. The highest BCUT2D eigenvalue weighted by Crippen LogP contribution is 2.18. The van der Waals surface area contributed by atoms with Crippen LogP contribution in [-0.4, -0.2) is 518 Å². The lowest BCUT2D eigenvalue weighted by Gasteiger charge is -2.30. The Labute approximate surface area is 729 Å². The van der Waals surface area contributed by atoms with E-state index in [1.807, 2.05) is 21.6 Å². The largest absolute Gasteiger partial charge is 0.396 e. The molecule has 2 unspecified atom stereocenters. The summed E-state index contributed by atoms with van der Waals surface area (Å²) in [6.07, 6.45) is 20.5. The molecule has 736 valence electrons. The van der Waals surface area contributed by atoms with Gasteiger partial charge < -0.3 is 164 Å². The highest BCUT2D eigenvalue weighted by molar-refractivity contribution is 4.72. The maximum Gasteiger partial charge on any atom is 0.0558 e. The smallest absolute Gasteiger partial charge is 0.0558 e. The molecule has 0 saturated heterocycles. The summed E-state index contributed by atoms with van der Waals surface area (Å²) in [6.45, 7) is 36.4. The van der Waals surface area contributed by atoms with E-state index in [1.54, 1.807) is 0 Å². The molecular formula is C82H200N20O18. The first kappa shape index (κ1) is 134. The van der Waals surface area contributed by atoms with Crippen molar-refractivity contribution in [1.29, 1.82) is 0 Å². The molecule has 120 heavy (non-hydrogen) atoms. The number of nitrogens with two attached hydrogens (primary N) is 7. The average Bonchev–Trinajstić information content (AvgIpc) is 0.942. The number of aliphatic hydroxyl groups excluding tert-OH is 18. The molecule has 0 saturated carbocycles. The highest BCUT2D eigenvalue weighted by atomic mass is 16.3. The summed E-state index contributed by atoms with van der Waals surface area (Å²) in [5, 5.41) is 175. The van der Waals surface area contributed by atoms with Gasteiger partial charge in [-0.15, -0.1) is 0 Å². The van der Waals surface area contributed by atoms with Gasteiger partial charge in [0.15, 0.2) is 0 Å². The summed E-state index contributed by atoms with van der Waals surface area (Å²) in [4.78, 5) is 17.2. The summed E-state index contributed by atoms with van der Waals surface area (Å²) >= 11 is 0. The van der Waals surface area contributed by atoms with Gasteiger partial charge in [-0.1, -0.05) is 26.2 Å². The molecule has 0 amide bonds. The van der Waals surface area contributed by atoms with E-state index in [4.69, 9.17) is 107 Å². The van der Waals surface area contributed by atoms with Crippen molar-refractivity contribution >= 4 is 0 Å². The molecule has 0 aromatic carbocycles. The van der Waals surface area contributed by atoms with Gasteiger partial charge in [0.1, 0.15) is 0 Å². The molecule has 0 aromatic heterocycles. The van der Waals surface area contributed by atoms with E-state index in [0.717, 1.165) is 292 Å². The quantitative estimate of drug-likeness (QED) is 0.0252. The number of hydrogen-bond donors (Lipinski definition) is 30. The first-order valence-corrected chi connectivity index (χ1v) is 45.9. The molecule has 38 heteroatoms. The van der Waals surface area contributed by atoms with Crippen LogP contribution in [0.2, 0.25) is 0 Å². The summed E-state index contributed by atoms with van der Waals surface area (Å²) in [7, 11) is 0. The number of unbranched alkanes of at least 4 members (excludes halogenated alkanes) is 10. The molecule has 0 radical (unpaired) electrons. The Morgan fingerprint density at radius 3 is 0.683 bits per heavy atom. The molecule has 0 aliphatic carbocycles. The normalized spacial score (nSPS) is 11.8. The van der Waals surface area contributed by atoms with Gasteiger partial charge >= 0.3 is 0 Å². The van der Waals surface area contributed by atoms with Crippen molar-refractivity contribution in [1.82, 2.24) is 65.8 Å². The second-order valence-corrected chi connectivity index (χ2v) is 29.0. The van der Waals surface area contributed by atoms with Crippen LogP contribution in [0.5, 0.6) is 0 Å². The van der Waals surface area contributed by atoms with Crippen LogP contribution in [0.25, 0.3) is 0 Å². The predicted molar refractivity (Wildman–Crippen MR) is 492 cm³/mol. The summed E-state index contributed by atoms with van der Waals surface area (Å²) < 4.78 is 0. The number of nitrogens with zero attached hydrogens (tertiary/aromatic N) is 8. The van der Waals surface area contributed by atoms with Crippen molar-refractivity contribution in [3.8, 4) is 0 Å². The second kappa shape index (κ2) is 126. The molecule has 0 bridgehead atoms. The Morgan fingerprint density at radius 1 is 0.183 bits per heavy atom. The van der Waals surface area contributed by atoms with Crippen molar-refractivity contribution in [2.45, 2.75) is 148 Å². The van der Waals surface area contributed by atoms with E-state index < -0.39 is 0 Å². The lowest BCUT2D eigenvalue weighted by atomic mass is 9.94. The molecule has 0 rings (SSSR count). The van der Waals surface area contributed by atoms with Crippen LogP contribution in [0.3, 0.4) is 0 Å². The molecule has 38 nitrogen and oxygen atoms in total. The van der Waals surface area contributed by atoms with Gasteiger partial charge in [0.05, 0.1) is 78.8 Å². The first-order chi connectivity index (χ1) is 58.6. The van der Waals surface area contributed by atoms with Crippen molar-refractivity contribution in [2.75, 3.05) is 381 Å². The van der Waals surface area contributed by atoms with Crippen LogP contribution < -0.4 is 66.7 Å². The van der Waals surface area contributed by atoms with Crippen LogP contribution >= 0.6 is 0 Å². The topological polar surface area (TPSA) is 632 Å². The molecule has 0 fully saturated rings. The molecule has 0 spiro atoms. The van der Waals surface area contributed by atoms with Gasteiger partial charge in [-0.05, 0) is 161 Å².